The molecule has 196 valence electrons. The first-order valence-electron chi connectivity index (χ1n) is 13.0. The number of para-hydroxylation sites is 1. The molecule has 3 nitrogen and oxygen atoms in total. The number of benzene rings is 3. The van der Waals surface area contributed by atoms with Gasteiger partial charge >= 0.3 is 12.2 Å². The first-order chi connectivity index (χ1) is 17.6. The van der Waals surface area contributed by atoms with Crippen LogP contribution in [0.3, 0.4) is 0 Å². The van der Waals surface area contributed by atoms with Crippen LogP contribution in [0.2, 0.25) is 0 Å². The third-order valence-electron chi connectivity index (χ3n) is 7.21. The number of carbonyl (C=O) groups excluding carboxylic acids is 1. The van der Waals surface area contributed by atoms with Gasteiger partial charge in [0.1, 0.15) is 0 Å². The van der Waals surface area contributed by atoms with Gasteiger partial charge in [0.25, 0.3) is 0 Å². The summed E-state index contributed by atoms with van der Waals surface area (Å²) in [5.41, 5.74) is 5.26. The molecule has 1 unspecified atom stereocenters. The number of nitrogens with zero attached hydrogens (tertiary/aromatic N) is 1. The van der Waals surface area contributed by atoms with Gasteiger partial charge < -0.3 is 10.2 Å². The fourth-order valence-electron chi connectivity index (χ4n) is 5.25. The second-order valence-corrected chi connectivity index (χ2v) is 10.5. The number of hydrogen-bond acceptors (Lipinski definition) is 1. The van der Waals surface area contributed by atoms with Crippen LogP contribution in [0, 0.1) is 0 Å². The van der Waals surface area contributed by atoms with Gasteiger partial charge in [-0.25, -0.2) is 4.79 Å². The summed E-state index contributed by atoms with van der Waals surface area (Å²) in [6.45, 7) is 8.63. The van der Waals surface area contributed by atoms with Gasteiger partial charge in [-0.05, 0) is 71.0 Å². The maximum Gasteiger partial charge on any atom is 0.416 e. The van der Waals surface area contributed by atoms with Crippen molar-refractivity contribution in [2.75, 3.05) is 5.32 Å². The van der Waals surface area contributed by atoms with E-state index in [1.165, 1.54) is 17.7 Å². The molecule has 0 aliphatic heterocycles. The third kappa shape index (κ3) is 6.00. The molecule has 0 spiro atoms. The minimum atomic E-state index is -4.40. The first-order valence-corrected chi connectivity index (χ1v) is 13.0. The zero-order valence-electron chi connectivity index (χ0n) is 21.9. The van der Waals surface area contributed by atoms with Crippen LogP contribution >= 0.6 is 0 Å². The van der Waals surface area contributed by atoms with E-state index in [2.05, 4.69) is 45.1 Å². The summed E-state index contributed by atoms with van der Waals surface area (Å²) in [6.07, 6.45) is -1.70. The van der Waals surface area contributed by atoms with Crippen LogP contribution < -0.4 is 5.32 Å². The minimum Gasteiger partial charge on any atom is -0.313 e. The number of carbonyl (C=O) groups is 1. The van der Waals surface area contributed by atoms with Crippen molar-refractivity contribution in [1.29, 1.82) is 0 Å². The standard InChI is InChI=1S/C31H35F3N2O/c1-20(2)25-12-8-13-26(21(3)4)29(25)35-30(37)36(19-22-15-17-24(18-16-22)31(32,33)34)28-14-7-10-23-9-5-6-11-27(23)28/h5-6,8-9,11-13,15-18,20-21,28H,7,10,14,19H2,1-4H3,(H,35,37). The lowest BCUT2D eigenvalue weighted by atomic mass is 9.86. The Morgan fingerprint density at radius 3 is 2.14 bits per heavy atom. The van der Waals surface area contributed by atoms with Crippen LogP contribution in [0.1, 0.15) is 91.8 Å². The fraction of sp³-hybridized carbons (Fsp3) is 0.387. The molecule has 37 heavy (non-hydrogen) atoms. The van der Waals surface area contributed by atoms with Gasteiger partial charge in [-0.3, -0.25) is 0 Å². The van der Waals surface area contributed by atoms with Crippen LogP contribution in [0.4, 0.5) is 23.7 Å². The van der Waals surface area contributed by atoms with Gasteiger partial charge in [-0.2, -0.15) is 13.2 Å². The van der Waals surface area contributed by atoms with Gasteiger partial charge in [0, 0.05) is 12.2 Å². The van der Waals surface area contributed by atoms with E-state index in [-0.39, 0.29) is 30.5 Å². The molecule has 0 saturated carbocycles. The Bertz CT molecular complexity index is 1210. The number of rotatable bonds is 6. The smallest absolute Gasteiger partial charge is 0.313 e. The van der Waals surface area contributed by atoms with Crippen molar-refractivity contribution in [3.8, 4) is 0 Å². The molecule has 4 rings (SSSR count). The lowest BCUT2D eigenvalue weighted by molar-refractivity contribution is -0.137. The quantitative estimate of drug-likeness (QED) is 0.354. The van der Waals surface area contributed by atoms with Crippen molar-refractivity contribution in [3.63, 3.8) is 0 Å². The van der Waals surface area contributed by atoms with E-state index in [0.717, 1.165) is 53.8 Å². The number of aryl methyl sites for hydroxylation is 1. The number of anilines is 1. The molecule has 1 N–H and O–H groups in total. The van der Waals surface area contributed by atoms with Crippen molar-refractivity contribution in [1.82, 2.24) is 4.90 Å². The van der Waals surface area contributed by atoms with Crippen molar-refractivity contribution < 1.29 is 18.0 Å². The number of urea groups is 1. The Balaban J connectivity index is 1.73. The summed E-state index contributed by atoms with van der Waals surface area (Å²) in [5.74, 6) is 0.431. The highest BCUT2D eigenvalue weighted by molar-refractivity contribution is 5.92. The van der Waals surface area contributed by atoms with Crippen LogP contribution in [-0.4, -0.2) is 10.9 Å². The number of fused-ring (bicyclic) bond motifs is 1. The van der Waals surface area contributed by atoms with Crippen molar-refractivity contribution in [2.45, 2.75) is 77.6 Å². The van der Waals surface area contributed by atoms with Gasteiger partial charge in [0.2, 0.25) is 0 Å². The molecule has 1 aliphatic carbocycles. The summed E-state index contributed by atoms with van der Waals surface area (Å²) < 4.78 is 39.4. The van der Waals surface area contributed by atoms with Crippen LogP contribution in [0.25, 0.3) is 0 Å². The molecule has 0 fully saturated rings. The van der Waals surface area contributed by atoms with Crippen LogP contribution in [0.5, 0.6) is 0 Å². The van der Waals surface area contributed by atoms with Gasteiger partial charge in [0.05, 0.1) is 11.6 Å². The zero-order valence-corrected chi connectivity index (χ0v) is 21.9. The topological polar surface area (TPSA) is 32.3 Å². The maximum absolute atomic E-state index is 14.0. The lowest BCUT2D eigenvalue weighted by Gasteiger charge is -2.36. The summed E-state index contributed by atoms with van der Waals surface area (Å²) in [7, 11) is 0. The molecule has 0 saturated heterocycles. The fourth-order valence-corrected chi connectivity index (χ4v) is 5.25. The summed E-state index contributed by atoms with van der Waals surface area (Å²) in [5, 5.41) is 3.23. The Kier molecular flexibility index (Phi) is 7.96. The Hall–Kier alpha value is -3.28. The highest BCUT2D eigenvalue weighted by Crippen LogP contribution is 2.38. The molecule has 6 heteroatoms. The predicted molar refractivity (Wildman–Crippen MR) is 143 cm³/mol. The highest BCUT2D eigenvalue weighted by Gasteiger charge is 2.32. The van der Waals surface area contributed by atoms with E-state index in [0.29, 0.717) is 5.56 Å². The summed E-state index contributed by atoms with van der Waals surface area (Å²) in [4.78, 5) is 15.8. The SMILES string of the molecule is CC(C)c1cccc(C(C)C)c1NC(=O)N(Cc1ccc(C(F)(F)F)cc1)C1CCCc2ccccc21. The molecular formula is C31H35F3N2O. The van der Waals surface area contributed by atoms with E-state index in [1.54, 1.807) is 4.90 Å². The average Bonchev–Trinajstić information content (AvgIpc) is 2.86. The maximum atomic E-state index is 14.0. The van der Waals surface area contributed by atoms with Gasteiger partial charge in [-0.15, -0.1) is 0 Å². The molecule has 2 amide bonds. The molecule has 0 bridgehead atoms. The largest absolute Gasteiger partial charge is 0.416 e. The van der Waals surface area contributed by atoms with Crippen molar-refractivity contribution in [3.05, 3.63) is 100 Å². The second kappa shape index (κ2) is 11.0. The molecule has 0 radical (unpaired) electrons. The molecule has 0 heterocycles. The number of nitrogens with one attached hydrogen (secondary N) is 1. The van der Waals surface area contributed by atoms with Gasteiger partial charge in [0.15, 0.2) is 0 Å². The monoisotopic (exact) mass is 508 g/mol. The number of alkyl halides is 3. The Labute approximate surface area is 217 Å². The average molecular weight is 509 g/mol. The van der Waals surface area contributed by atoms with E-state index in [1.807, 2.05) is 30.3 Å². The predicted octanol–water partition coefficient (Wildman–Crippen LogP) is 9.06. The first kappa shape index (κ1) is 26.8. The number of amides is 2. The van der Waals surface area contributed by atoms with E-state index in [4.69, 9.17) is 0 Å². The van der Waals surface area contributed by atoms with E-state index in [9.17, 15) is 18.0 Å². The van der Waals surface area contributed by atoms with Crippen LogP contribution in [-0.2, 0) is 19.1 Å². The highest BCUT2D eigenvalue weighted by atomic mass is 19.4. The van der Waals surface area contributed by atoms with Crippen molar-refractivity contribution >= 4 is 11.7 Å². The van der Waals surface area contributed by atoms with Crippen molar-refractivity contribution in [2.24, 2.45) is 0 Å². The molecule has 3 aromatic carbocycles. The number of hydrogen-bond donors (Lipinski definition) is 1. The second-order valence-electron chi connectivity index (χ2n) is 10.5. The lowest BCUT2D eigenvalue weighted by Crippen LogP contribution is -2.39. The number of halogens is 3. The van der Waals surface area contributed by atoms with Gasteiger partial charge in [-0.1, -0.05) is 82.3 Å². The minimum absolute atomic E-state index is 0.166. The summed E-state index contributed by atoms with van der Waals surface area (Å²) in [6, 6.07) is 19.0. The molecule has 1 atom stereocenters. The molecule has 0 aromatic heterocycles. The van der Waals surface area contributed by atoms with E-state index >= 15 is 0 Å². The molecule has 3 aromatic rings. The Morgan fingerprint density at radius 1 is 0.919 bits per heavy atom. The normalized spacial score (nSPS) is 15.5. The third-order valence-corrected chi connectivity index (χ3v) is 7.21. The zero-order chi connectivity index (χ0) is 26.7. The Morgan fingerprint density at radius 2 is 1.54 bits per heavy atom. The van der Waals surface area contributed by atoms with Crippen LogP contribution in [0.15, 0.2) is 66.7 Å². The van der Waals surface area contributed by atoms with E-state index < -0.39 is 11.7 Å². The molecular weight excluding hydrogens is 473 g/mol. The molecule has 1 aliphatic rings. The summed E-state index contributed by atoms with van der Waals surface area (Å²) >= 11 is 0.